The Kier molecular flexibility index (Phi) is 9.48. The maximum Gasteiger partial charge on any atom is 0.320 e. The van der Waals surface area contributed by atoms with Gasteiger partial charge in [0.15, 0.2) is 5.82 Å². The summed E-state index contributed by atoms with van der Waals surface area (Å²) in [5.41, 5.74) is 2.79. The molecule has 39 heavy (non-hydrogen) atoms. The zero-order valence-electron chi connectivity index (χ0n) is 24.3. The van der Waals surface area contributed by atoms with Crippen LogP contribution < -0.4 is 5.32 Å². The molecule has 0 bridgehead atoms. The number of aryl methyl sites for hydroxylation is 1. The fraction of sp³-hybridized carbons (Fsp3) is 0.467. The molecule has 0 spiro atoms. The standard InChI is InChI=1S/C28H35FN6O2.C2H6/c1-7-33(6)27(37)34-14-12-20-16-23(29)22(15-21(20)17-34)26(36)30-19(3)10-8-9-18(2)25-32-31-24-11-13-28(4,5)35(24)25;1-2/h8-10,15-16H,2,7,11-14,17H2,1,3-6H3,(H,30,36);1-2H3/b9-8-,19-10+;. The molecule has 1 N–H and O–H groups in total. The Labute approximate surface area is 231 Å². The number of carbonyl (C=O) groups is 2. The van der Waals surface area contributed by atoms with Crippen molar-refractivity contribution in [3.05, 3.63) is 76.8 Å². The van der Waals surface area contributed by atoms with Gasteiger partial charge in [0.1, 0.15) is 11.6 Å². The molecule has 4 rings (SSSR count). The van der Waals surface area contributed by atoms with Crippen molar-refractivity contribution in [2.75, 3.05) is 20.1 Å². The summed E-state index contributed by atoms with van der Waals surface area (Å²) in [5.74, 6) is 0.595. The Bertz CT molecular complexity index is 1310. The Morgan fingerprint density at radius 3 is 2.62 bits per heavy atom. The van der Waals surface area contributed by atoms with Gasteiger partial charge in [-0.05, 0) is 69.9 Å². The van der Waals surface area contributed by atoms with E-state index in [1.165, 1.54) is 6.07 Å². The first-order chi connectivity index (χ1) is 18.5. The van der Waals surface area contributed by atoms with E-state index in [0.717, 1.165) is 41.2 Å². The van der Waals surface area contributed by atoms with E-state index >= 15 is 0 Å². The molecular weight excluding hydrogens is 495 g/mol. The first-order valence-electron chi connectivity index (χ1n) is 13.6. The second-order valence-electron chi connectivity index (χ2n) is 10.3. The second-order valence-corrected chi connectivity index (χ2v) is 10.3. The first-order valence-corrected chi connectivity index (χ1v) is 13.6. The molecule has 0 aliphatic carbocycles. The lowest BCUT2D eigenvalue weighted by molar-refractivity contribution is 0.0961. The van der Waals surface area contributed by atoms with Gasteiger partial charge in [-0.2, -0.15) is 0 Å². The summed E-state index contributed by atoms with van der Waals surface area (Å²) in [7, 11) is 1.75. The number of amides is 3. The summed E-state index contributed by atoms with van der Waals surface area (Å²) in [6.07, 6.45) is 7.78. The van der Waals surface area contributed by atoms with Crippen LogP contribution in [0.15, 0.2) is 42.6 Å². The summed E-state index contributed by atoms with van der Waals surface area (Å²) < 4.78 is 16.9. The number of carbonyl (C=O) groups excluding carboxylic acids is 2. The zero-order chi connectivity index (χ0) is 28.9. The molecule has 0 radical (unpaired) electrons. The van der Waals surface area contributed by atoms with Crippen LogP contribution in [-0.2, 0) is 24.9 Å². The highest BCUT2D eigenvalue weighted by molar-refractivity contribution is 5.96. The number of rotatable bonds is 6. The van der Waals surface area contributed by atoms with E-state index in [0.29, 0.717) is 31.8 Å². The number of fused-ring (bicyclic) bond motifs is 2. The largest absolute Gasteiger partial charge is 0.328 e. The van der Waals surface area contributed by atoms with E-state index < -0.39 is 11.7 Å². The van der Waals surface area contributed by atoms with Crippen LogP contribution in [-0.4, -0.2) is 56.6 Å². The summed E-state index contributed by atoms with van der Waals surface area (Å²) in [5, 5.41) is 11.3. The third-order valence-electron chi connectivity index (χ3n) is 7.15. The molecule has 0 saturated heterocycles. The van der Waals surface area contributed by atoms with Crippen LogP contribution in [0.3, 0.4) is 0 Å². The molecule has 1 aromatic heterocycles. The Hall–Kier alpha value is -3.75. The molecule has 2 aliphatic heterocycles. The molecule has 0 unspecified atom stereocenters. The maximum absolute atomic E-state index is 14.8. The van der Waals surface area contributed by atoms with Crippen molar-refractivity contribution in [3.8, 4) is 0 Å². The van der Waals surface area contributed by atoms with Gasteiger partial charge < -0.3 is 19.7 Å². The summed E-state index contributed by atoms with van der Waals surface area (Å²) >= 11 is 0. The number of allylic oxidation sites excluding steroid dienone is 5. The van der Waals surface area contributed by atoms with Gasteiger partial charge >= 0.3 is 6.03 Å². The highest BCUT2D eigenvalue weighted by atomic mass is 19.1. The molecule has 8 nitrogen and oxygen atoms in total. The number of halogens is 1. The van der Waals surface area contributed by atoms with Crippen molar-refractivity contribution < 1.29 is 14.0 Å². The van der Waals surface area contributed by atoms with Gasteiger partial charge in [0, 0.05) is 49.9 Å². The third kappa shape index (κ3) is 6.46. The third-order valence-corrected chi connectivity index (χ3v) is 7.15. The predicted octanol–water partition coefficient (Wildman–Crippen LogP) is 5.46. The Morgan fingerprint density at radius 2 is 1.92 bits per heavy atom. The van der Waals surface area contributed by atoms with Gasteiger partial charge in [-0.3, -0.25) is 4.79 Å². The fourth-order valence-corrected chi connectivity index (χ4v) is 4.82. The van der Waals surface area contributed by atoms with Crippen LogP contribution in [0.4, 0.5) is 9.18 Å². The average Bonchev–Trinajstić information content (AvgIpc) is 3.49. The molecule has 0 saturated carbocycles. The van der Waals surface area contributed by atoms with Crippen LogP contribution in [0, 0.1) is 5.82 Å². The van der Waals surface area contributed by atoms with Crippen molar-refractivity contribution in [2.45, 2.75) is 72.9 Å². The van der Waals surface area contributed by atoms with E-state index in [1.807, 2.05) is 26.8 Å². The van der Waals surface area contributed by atoms with Crippen molar-refractivity contribution in [1.82, 2.24) is 29.9 Å². The van der Waals surface area contributed by atoms with E-state index in [9.17, 15) is 14.0 Å². The van der Waals surface area contributed by atoms with Crippen molar-refractivity contribution in [1.29, 1.82) is 0 Å². The molecule has 9 heteroatoms. The van der Waals surface area contributed by atoms with Crippen molar-refractivity contribution >= 4 is 17.5 Å². The first kappa shape index (κ1) is 29.8. The molecule has 3 amide bonds. The van der Waals surface area contributed by atoms with Gasteiger partial charge in [0.2, 0.25) is 0 Å². The number of nitrogens with zero attached hydrogens (tertiary/aromatic N) is 5. The highest BCUT2D eigenvalue weighted by Gasteiger charge is 2.33. The van der Waals surface area contributed by atoms with Gasteiger partial charge in [-0.25, -0.2) is 9.18 Å². The zero-order valence-corrected chi connectivity index (χ0v) is 24.3. The number of aromatic nitrogens is 3. The predicted molar refractivity (Wildman–Crippen MR) is 153 cm³/mol. The van der Waals surface area contributed by atoms with Crippen LogP contribution >= 0.6 is 0 Å². The van der Waals surface area contributed by atoms with Crippen molar-refractivity contribution in [2.24, 2.45) is 0 Å². The lowest BCUT2D eigenvalue weighted by Crippen LogP contribution is -2.43. The van der Waals surface area contributed by atoms with Gasteiger partial charge in [-0.1, -0.05) is 32.6 Å². The molecule has 210 valence electrons. The Morgan fingerprint density at radius 1 is 1.21 bits per heavy atom. The fourth-order valence-electron chi connectivity index (χ4n) is 4.82. The topological polar surface area (TPSA) is 83.4 Å². The minimum absolute atomic E-state index is 0.0423. The van der Waals surface area contributed by atoms with E-state index in [4.69, 9.17) is 0 Å². The van der Waals surface area contributed by atoms with Crippen LogP contribution in [0.1, 0.15) is 81.1 Å². The maximum atomic E-state index is 14.8. The van der Waals surface area contributed by atoms with Crippen molar-refractivity contribution in [3.63, 3.8) is 0 Å². The molecule has 2 aliphatic rings. The molecule has 2 aromatic rings. The summed E-state index contributed by atoms with van der Waals surface area (Å²) in [4.78, 5) is 28.8. The van der Waals surface area contributed by atoms with E-state index in [-0.39, 0.29) is 17.1 Å². The number of hydrogen-bond donors (Lipinski definition) is 1. The SMILES string of the molecule is C=C(/C=C\C=C(/C)NC(=O)c1cc2c(cc1F)CCN(C(=O)N(C)CC)C2)c1nnc2n1C(C)(C)CC2.CC. The minimum Gasteiger partial charge on any atom is -0.328 e. The molecule has 3 heterocycles. The van der Waals surface area contributed by atoms with E-state index in [1.54, 1.807) is 42.0 Å². The minimum atomic E-state index is -0.568. The average molecular weight is 537 g/mol. The molecule has 1 aromatic carbocycles. The lowest BCUT2D eigenvalue weighted by atomic mass is 9.96. The second kappa shape index (κ2) is 12.4. The number of urea groups is 1. The lowest BCUT2D eigenvalue weighted by Gasteiger charge is -2.32. The molecular formula is C30H41FN6O2. The highest BCUT2D eigenvalue weighted by Crippen LogP contribution is 2.33. The normalized spacial score (nSPS) is 15.8. The van der Waals surface area contributed by atoms with Gasteiger partial charge in [-0.15, -0.1) is 10.2 Å². The summed E-state index contributed by atoms with van der Waals surface area (Å²) in [6.45, 7) is 17.6. The van der Waals surface area contributed by atoms with Crippen LogP contribution in [0.5, 0.6) is 0 Å². The van der Waals surface area contributed by atoms with Gasteiger partial charge in [0.05, 0.1) is 5.56 Å². The van der Waals surface area contributed by atoms with E-state index in [2.05, 4.69) is 40.5 Å². The van der Waals surface area contributed by atoms with Crippen LogP contribution in [0.25, 0.3) is 5.57 Å². The smallest absolute Gasteiger partial charge is 0.320 e. The van der Waals surface area contributed by atoms with Crippen LogP contribution in [0.2, 0.25) is 0 Å². The molecule has 0 fully saturated rings. The quantitative estimate of drug-likeness (QED) is 0.497. The number of nitrogens with one attached hydrogen (secondary N) is 1. The number of benzene rings is 1. The monoisotopic (exact) mass is 536 g/mol. The van der Waals surface area contributed by atoms with Gasteiger partial charge in [0.25, 0.3) is 5.91 Å². The molecule has 0 atom stereocenters. The summed E-state index contributed by atoms with van der Waals surface area (Å²) in [6, 6.07) is 2.90. The Balaban J connectivity index is 0.00000205. The number of hydrogen-bond acceptors (Lipinski definition) is 4.